The predicted octanol–water partition coefficient (Wildman–Crippen LogP) is 3.84. The first-order chi connectivity index (χ1) is 17.8. The molecule has 192 valence electrons. The van der Waals surface area contributed by atoms with Gasteiger partial charge in [-0.15, -0.1) is 0 Å². The summed E-state index contributed by atoms with van der Waals surface area (Å²) in [6.07, 6.45) is 3.23. The monoisotopic (exact) mass is 584 g/mol. The van der Waals surface area contributed by atoms with E-state index in [1.165, 1.54) is 23.0 Å². The lowest BCUT2D eigenvalue weighted by Gasteiger charge is -2.24. The third-order valence-corrected chi connectivity index (χ3v) is 7.10. The summed E-state index contributed by atoms with van der Waals surface area (Å²) in [5.74, 6) is 0.273. The first-order valence-electron chi connectivity index (χ1n) is 11.4. The molecule has 2 heterocycles. The van der Waals surface area contributed by atoms with Gasteiger partial charge in [0.2, 0.25) is 0 Å². The van der Waals surface area contributed by atoms with Gasteiger partial charge in [0.25, 0.3) is 5.56 Å². The van der Waals surface area contributed by atoms with Crippen molar-refractivity contribution < 1.29 is 24.1 Å². The number of aromatic nitrogens is 1. The van der Waals surface area contributed by atoms with Crippen molar-refractivity contribution in [1.82, 2.24) is 4.57 Å². The molecule has 0 saturated carbocycles. The third kappa shape index (κ3) is 5.26. The van der Waals surface area contributed by atoms with Crippen molar-refractivity contribution in [2.24, 2.45) is 4.99 Å². The lowest BCUT2D eigenvalue weighted by Crippen LogP contribution is -2.39. The van der Waals surface area contributed by atoms with E-state index >= 15 is 0 Å². The maximum atomic E-state index is 13.7. The summed E-state index contributed by atoms with van der Waals surface area (Å²) < 4.78 is 18.6. The van der Waals surface area contributed by atoms with Crippen LogP contribution in [0, 0.1) is 0 Å². The van der Waals surface area contributed by atoms with Crippen LogP contribution in [0.4, 0.5) is 0 Å². The van der Waals surface area contributed by atoms with E-state index in [1.807, 2.05) is 12.1 Å². The minimum Gasteiger partial charge on any atom is -0.504 e. The van der Waals surface area contributed by atoms with Crippen LogP contribution >= 0.6 is 27.3 Å². The van der Waals surface area contributed by atoms with Crippen molar-refractivity contribution >= 4 is 39.3 Å². The highest BCUT2D eigenvalue weighted by molar-refractivity contribution is 9.10. The normalized spacial score (nSPS) is 15.1. The van der Waals surface area contributed by atoms with Crippen molar-refractivity contribution in [2.45, 2.75) is 19.9 Å². The number of ether oxygens (including phenoxy) is 3. The first-order valence-corrected chi connectivity index (χ1v) is 13.0. The lowest BCUT2D eigenvalue weighted by atomic mass is 9.96. The highest BCUT2D eigenvalue weighted by Gasteiger charge is 2.33. The molecule has 0 radical (unpaired) electrons. The molecule has 37 heavy (non-hydrogen) atoms. The number of phenolic OH excluding ortho intramolecular Hbond substituents is 1. The number of allylic oxidation sites excluding steroid dienone is 1. The Balaban J connectivity index is 1.92. The number of carbonyl (C=O) groups is 1. The first kappa shape index (κ1) is 26.4. The van der Waals surface area contributed by atoms with Gasteiger partial charge in [0.1, 0.15) is 12.4 Å². The van der Waals surface area contributed by atoms with Gasteiger partial charge in [0.15, 0.2) is 16.3 Å². The summed E-state index contributed by atoms with van der Waals surface area (Å²) in [4.78, 5) is 31.8. The minimum atomic E-state index is -0.753. The fourth-order valence-corrected chi connectivity index (χ4v) is 5.50. The second-order valence-electron chi connectivity index (χ2n) is 8.02. The van der Waals surface area contributed by atoms with Crippen LogP contribution in [-0.2, 0) is 9.53 Å². The molecular formula is C27H25BrN2O6S. The zero-order chi connectivity index (χ0) is 26.7. The molecule has 1 atom stereocenters. The molecule has 10 heteroatoms. The average Bonchev–Trinajstić information content (AvgIpc) is 3.18. The van der Waals surface area contributed by atoms with Crippen LogP contribution in [0.3, 0.4) is 0 Å². The molecule has 1 aliphatic heterocycles. The molecular weight excluding hydrogens is 560 g/mol. The topological polar surface area (TPSA) is 99.4 Å². The van der Waals surface area contributed by atoms with Crippen molar-refractivity contribution in [3.05, 3.63) is 95.6 Å². The number of fused-ring (bicyclic) bond motifs is 1. The number of nitrogens with zero attached hydrogens (tertiary/aromatic N) is 2. The van der Waals surface area contributed by atoms with Crippen LogP contribution in [0.5, 0.6) is 17.2 Å². The zero-order valence-electron chi connectivity index (χ0n) is 20.5. The second-order valence-corrected chi connectivity index (χ2v) is 9.94. The number of thiazole rings is 1. The fourth-order valence-electron chi connectivity index (χ4n) is 4.01. The standard InChI is InChI=1S/C27H25BrN2O6S/c1-5-11-36-19-9-7-16(8-10-19)23-22(26(33)35-6-2)15(3)29-27-30(23)25(32)21(37-27)13-17-12-18(28)14-20(34-4)24(17)31/h5,7-10,12-14,23,31H,1,6,11H2,2-4H3/b21-13-/t23-/m0/s1. The molecule has 2 aromatic carbocycles. The van der Waals surface area contributed by atoms with Gasteiger partial charge in [-0.05, 0) is 49.8 Å². The Morgan fingerprint density at radius 2 is 2.03 bits per heavy atom. The van der Waals surface area contributed by atoms with E-state index in [0.29, 0.717) is 43.0 Å². The Labute approximate surface area is 225 Å². The molecule has 8 nitrogen and oxygen atoms in total. The molecule has 1 aliphatic rings. The SMILES string of the molecule is C=CCOc1ccc([C@H]2C(C(=O)OCC)=C(C)N=c3s/c(=C\c4cc(Br)cc(OC)c4O)c(=O)n32)cc1. The van der Waals surface area contributed by atoms with E-state index in [1.54, 1.807) is 50.3 Å². The van der Waals surface area contributed by atoms with E-state index in [9.17, 15) is 14.7 Å². The molecule has 3 aromatic rings. The number of esters is 1. The van der Waals surface area contributed by atoms with Gasteiger partial charge in [-0.3, -0.25) is 9.36 Å². The average molecular weight is 585 g/mol. The van der Waals surface area contributed by atoms with Crippen molar-refractivity contribution in [3.63, 3.8) is 0 Å². The summed E-state index contributed by atoms with van der Waals surface area (Å²) in [5, 5.41) is 10.6. The highest BCUT2D eigenvalue weighted by Crippen LogP contribution is 2.34. The molecule has 0 saturated heterocycles. The largest absolute Gasteiger partial charge is 0.504 e. The van der Waals surface area contributed by atoms with Gasteiger partial charge < -0.3 is 19.3 Å². The third-order valence-electron chi connectivity index (χ3n) is 5.66. The van der Waals surface area contributed by atoms with Crippen LogP contribution in [-0.4, -0.2) is 36.0 Å². The number of phenols is 1. The van der Waals surface area contributed by atoms with Crippen LogP contribution in [0.2, 0.25) is 0 Å². The van der Waals surface area contributed by atoms with Gasteiger partial charge >= 0.3 is 5.97 Å². The Bertz CT molecular complexity index is 1570. The Morgan fingerprint density at radius 3 is 2.68 bits per heavy atom. The van der Waals surface area contributed by atoms with Crippen molar-refractivity contribution in [1.29, 1.82) is 0 Å². The molecule has 0 amide bonds. The van der Waals surface area contributed by atoms with E-state index < -0.39 is 12.0 Å². The molecule has 0 bridgehead atoms. The molecule has 1 N–H and O–H groups in total. The smallest absolute Gasteiger partial charge is 0.338 e. The van der Waals surface area contributed by atoms with E-state index in [2.05, 4.69) is 27.5 Å². The van der Waals surface area contributed by atoms with Gasteiger partial charge in [0, 0.05) is 10.0 Å². The quantitative estimate of drug-likeness (QED) is 0.319. The number of rotatable bonds is 8. The molecule has 0 spiro atoms. The Morgan fingerprint density at radius 1 is 1.30 bits per heavy atom. The van der Waals surface area contributed by atoms with E-state index in [0.717, 1.165) is 0 Å². The molecule has 4 rings (SSSR count). The Kier molecular flexibility index (Phi) is 7.99. The number of benzene rings is 2. The zero-order valence-corrected chi connectivity index (χ0v) is 22.9. The van der Waals surface area contributed by atoms with Gasteiger partial charge in [-0.2, -0.15) is 0 Å². The second kappa shape index (κ2) is 11.2. The summed E-state index contributed by atoms with van der Waals surface area (Å²) in [7, 11) is 1.45. The highest BCUT2D eigenvalue weighted by atomic mass is 79.9. The Hall–Kier alpha value is -3.63. The van der Waals surface area contributed by atoms with Crippen LogP contribution in [0.25, 0.3) is 6.08 Å². The number of hydrogen-bond donors (Lipinski definition) is 1. The number of methoxy groups -OCH3 is 1. The number of hydrogen-bond acceptors (Lipinski definition) is 8. The van der Waals surface area contributed by atoms with E-state index in [-0.39, 0.29) is 29.2 Å². The number of aromatic hydroxyl groups is 1. The number of halogens is 1. The fraction of sp³-hybridized carbons (Fsp3) is 0.222. The predicted molar refractivity (Wildman–Crippen MR) is 145 cm³/mol. The maximum Gasteiger partial charge on any atom is 0.338 e. The summed E-state index contributed by atoms with van der Waals surface area (Å²) in [6, 6.07) is 9.73. The van der Waals surface area contributed by atoms with Crippen LogP contribution < -0.4 is 24.4 Å². The lowest BCUT2D eigenvalue weighted by molar-refractivity contribution is -0.139. The van der Waals surface area contributed by atoms with Gasteiger partial charge in [-0.1, -0.05) is 52.1 Å². The van der Waals surface area contributed by atoms with Gasteiger partial charge in [-0.25, -0.2) is 9.79 Å². The summed E-state index contributed by atoms with van der Waals surface area (Å²) >= 11 is 4.57. The van der Waals surface area contributed by atoms with Crippen molar-refractivity contribution in [3.8, 4) is 17.2 Å². The molecule has 1 aromatic heterocycles. The van der Waals surface area contributed by atoms with Crippen LogP contribution in [0.15, 0.2) is 74.6 Å². The minimum absolute atomic E-state index is 0.0911. The number of carbonyl (C=O) groups excluding carboxylic acids is 1. The summed E-state index contributed by atoms with van der Waals surface area (Å²) in [6.45, 7) is 7.64. The van der Waals surface area contributed by atoms with Gasteiger partial charge in [0.05, 0.1) is 35.6 Å². The van der Waals surface area contributed by atoms with Crippen LogP contribution in [0.1, 0.15) is 31.0 Å². The molecule has 0 fully saturated rings. The maximum absolute atomic E-state index is 13.7. The summed E-state index contributed by atoms with van der Waals surface area (Å²) in [5.41, 5.74) is 1.50. The molecule has 0 aliphatic carbocycles. The molecule has 0 unspecified atom stereocenters. The van der Waals surface area contributed by atoms with E-state index in [4.69, 9.17) is 14.2 Å². The van der Waals surface area contributed by atoms with Crippen molar-refractivity contribution in [2.75, 3.05) is 20.3 Å².